The largest absolute Gasteiger partial charge is 0.480 e. The standard InChI is InChI=1S/C10H11F3N2O2/c1-2-15(6-9(16)17)8-5-7(3-4-14-8)10(11,12)13/h3-5H,2,6H2,1H3,(H,16,17). The van der Waals surface area contributed by atoms with Crippen LogP contribution < -0.4 is 4.90 Å². The molecule has 1 N–H and O–H groups in total. The van der Waals surface area contributed by atoms with Gasteiger partial charge in [0.15, 0.2) is 0 Å². The Balaban J connectivity index is 3.01. The molecule has 0 atom stereocenters. The fourth-order valence-corrected chi connectivity index (χ4v) is 1.29. The van der Waals surface area contributed by atoms with Gasteiger partial charge in [-0.1, -0.05) is 0 Å². The molecule has 94 valence electrons. The number of likely N-dealkylation sites (N-methyl/N-ethyl adjacent to an activating group) is 1. The lowest BCUT2D eigenvalue weighted by Gasteiger charge is -2.20. The molecule has 1 aromatic rings. The maximum absolute atomic E-state index is 12.4. The van der Waals surface area contributed by atoms with Crippen molar-refractivity contribution >= 4 is 11.8 Å². The Hall–Kier alpha value is -1.79. The minimum atomic E-state index is -4.46. The van der Waals surface area contributed by atoms with Gasteiger partial charge < -0.3 is 10.0 Å². The third-order valence-electron chi connectivity index (χ3n) is 2.10. The average Bonchev–Trinajstić information content (AvgIpc) is 2.24. The van der Waals surface area contributed by atoms with Crippen molar-refractivity contribution in [1.29, 1.82) is 0 Å². The monoisotopic (exact) mass is 248 g/mol. The molecule has 17 heavy (non-hydrogen) atoms. The second kappa shape index (κ2) is 5.03. The number of rotatable bonds is 4. The fraction of sp³-hybridized carbons (Fsp3) is 0.400. The molecular formula is C10H11F3N2O2. The van der Waals surface area contributed by atoms with Crippen molar-refractivity contribution in [3.05, 3.63) is 23.9 Å². The van der Waals surface area contributed by atoms with Gasteiger partial charge in [0.1, 0.15) is 12.4 Å². The summed E-state index contributed by atoms with van der Waals surface area (Å²) < 4.78 is 37.3. The Morgan fingerprint density at radius 2 is 2.18 bits per heavy atom. The van der Waals surface area contributed by atoms with E-state index >= 15 is 0 Å². The van der Waals surface area contributed by atoms with E-state index < -0.39 is 17.7 Å². The van der Waals surface area contributed by atoms with E-state index in [0.717, 1.165) is 18.3 Å². The number of carboxylic acid groups (broad SMARTS) is 1. The molecule has 0 aliphatic carbocycles. The van der Waals surface area contributed by atoms with Gasteiger partial charge in [-0.15, -0.1) is 0 Å². The second-order valence-electron chi connectivity index (χ2n) is 3.31. The van der Waals surface area contributed by atoms with E-state index in [2.05, 4.69) is 4.98 Å². The summed E-state index contributed by atoms with van der Waals surface area (Å²) >= 11 is 0. The Morgan fingerprint density at radius 3 is 2.65 bits per heavy atom. The third-order valence-corrected chi connectivity index (χ3v) is 2.10. The topological polar surface area (TPSA) is 53.4 Å². The molecule has 1 aromatic heterocycles. The molecule has 0 fully saturated rings. The van der Waals surface area contributed by atoms with Crippen molar-refractivity contribution in [3.8, 4) is 0 Å². The minimum Gasteiger partial charge on any atom is -0.480 e. The molecule has 1 rings (SSSR count). The van der Waals surface area contributed by atoms with E-state index in [0.29, 0.717) is 0 Å². The van der Waals surface area contributed by atoms with Gasteiger partial charge in [0.25, 0.3) is 0 Å². The van der Waals surface area contributed by atoms with Crippen LogP contribution in [0.5, 0.6) is 0 Å². The van der Waals surface area contributed by atoms with E-state index in [1.54, 1.807) is 6.92 Å². The zero-order valence-corrected chi connectivity index (χ0v) is 9.03. The minimum absolute atomic E-state index is 0.00438. The van der Waals surface area contributed by atoms with E-state index in [1.165, 1.54) is 4.90 Å². The van der Waals surface area contributed by atoms with Crippen molar-refractivity contribution in [3.63, 3.8) is 0 Å². The van der Waals surface area contributed by atoms with Crippen molar-refractivity contribution in [2.45, 2.75) is 13.1 Å². The van der Waals surface area contributed by atoms with Crippen LogP contribution in [-0.2, 0) is 11.0 Å². The molecule has 7 heteroatoms. The van der Waals surface area contributed by atoms with E-state index in [1.807, 2.05) is 0 Å². The molecule has 0 radical (unpaired) electrons. The summed E-state index contributed by atoms with van der Waals surface area (Å²) in [6.45, 7) is 1.52. The lowest BCUT2D eigenvalue weighted by Crippen LogP contribution is -2.30. The fourth-order valence-electron chi connectivity index (χ4n) is 1.29. The van der Waals surface area contributed by atoms with E-state index in [-0.39, 0.29) is 18.9 Å². The maximum Gasteiger partial charge on any atom is 0.416 e. The highest BCUT2D eigenvalue weighted by molar-refractivity contribution is 5.73. The highest BCUT2D eigenvalue weighted by Gasteiger charge is 2.31. The van der Waals surface area contributed by atoms with Gasteiger partial charge in [-0.25, -0.2) is 4.98 Å². The Labute approximate surface area is 95.7 Å². The number of hydrogen-bond donors (Lipinski definition) is 1. The summed E-state index contributed by atoms with van der Waals surface area (Å²) in [6, 6.07) is 1.69. The summed E-state index contributed by atoms with van der Waals surface area (Å²) in [6.07, 6.45) is -3.44. The average molecular weight is 248 g/mol. The number of hydrogen-bond acceptors (Lipinski definition) is 3. The van der Waals surface area contributed by atoms with E-state index in [9.17, 15) is 18.0 Å². The molecule has 0 aliphatic heterocycles. The van der Waals surface area contributed by atoms with Gasteiger partial charge in [-0.2, -0.15) is 13.2 Å². The molecule has 0 saturated heterocycles. The maximum atomic E-state index is 12.4. The Kier molecular flexibility index (Phi) is 3.93. The molecule has 0 saturated carbocycles. The van der Waals surface area contributed by atoms with Crippen LogP contribution in [0.15, 0.2) is 18.3 Å². The first-order valence-electron chi connectivity index (χ1n) is 4.84. The van der Waals surface area contributed by atoms with Gasteiger partial charge in [-0.05, 0) is 19.1 Å². The van der Waals surface area contributed by atoms with Gasteiger partial charge in [0, 0.05) is 12.7 Å². The highest BCUT2D eigenvalue weighted by atomic mass is 19.4. The van der Waals surface area contributed by atoms with Crippen LogP contribution in [0.2, 0.25) is 0 Å². The molecule has 0 amide bonds. The second-order valence-corrected chi connectivity index (χ2v) is 3.31. The lowest BCUT2D eigenvalue weighted by molar-refractivity contribution is -0.137. The molecule has 0 aromatic carbocycles. The quantitative estimate of drug-likeness (QED) is 0.885. The molecule has 0 bridgehead atoms. The van der Waals surface area contributed by atoms with Crippen LogP contribution >= 0.6 is 0 Å². The number of alkyl halides is 3. The number of anilines is 1. The van der Waals surface area contributed by atoms with Crippen LogP contribution in [0, 0.1) is 0 Å². The van der Waals surface area contributed by atoms with Crippen LogP contribution in [0.4, 0.5) is 19.0 Å². The van der Waals surface area contributed by atoms with Crippen molar-refractivity contribution in [2.75, 3.05) is 18.0 Å². The first kappa shape index (κ1) is 13.3. The normalized spacial score (nSPS) is 11.3. The van der Waals surface area contributed by atoms with Crippen LogP contribution in [0.1, 0.15) is 12.5 Å². The SMILES string of the molecule is CCN(CC(=O)O)c1cc(C(F)(F)F)ccn1. The van der Waals surface area contributed by atoms with E-state index in [4.69, 9.17) is 5.11 Å². The summed E-state index contributed by atoms with van der Waals surface area (Å²) in [7, 11) is 0. The van der Waals surface area contributed by atoms with Gasteiger partial charge in [-0.3, -0.25) is 4.79 Å². The van der Waals surface area contributed by atoms with Gasteiger partial charge in [0.2, 0.25) is 0 Å². The molecule has 0 unspecified atom stereocenters. The first-order chi connectivity index (χ1) is 7.84. The lowest BCUT2D eigenvalue weighted by atomic mass is 10.2. The van der Waals surface area contributed by atoms with Crippen LogP contribution in [0.25, 0.3) is 0 Å². The molecule has 0 aliphatic rings. The zero-order chi connectivity index (χ0) is 13.1. The van der Waals surface area contributed by atoms with Crippen LogP contribution in [0.3, 0.4) is 0 Å². The summed E-state index contributed by atoms with van der Waals surface area (Å²) in [5, 5.41) is 8.61. The zero-order valence-electron chi connectivity index (χ0n) is 9.03. The molecule has 1 heterocycles. The van der Waals surface area contributed by atoms with Crippen LogP contribution in [-0.4, -0.2) is 29.1 Å². The predicted octanol–water partition coefficient (Wildman–Crippen LogP) is 2.01. The summed E-state index contributed by atoms with van der Waals surface area (Å²) in [5.74, 6) is -1.12. The van der Waals surface area contributed by atoms with Crippen molar-refractivity contribution in [1.82, 2.24) is 4.98 Å². The van der Waals surface area contributed by atoms with Gasteiger partial charge >= 0.3 is 12.1 Å². The smallest absolute Gasteiger partial charge is 0.416 e. The Morgan fingerprint density at radius 1 is 1.53 bits per heavy atom. The predicted molar refractivity (Wildman–Crippen MR) is 54.8 cm³/mol. The number of aliphatic carboxylic acids is 1. The Bertz CT molecular complexity index is 407. The number of nitrogens with zero attached hydrogens (tertiary/aromatic N) is 2. The number of halogens is 3. The molecular weight excluding hydrogens is 237 g/mol. The number of carbonyl (C=O) groups is 1. The third kappa shape index (κ3) is 3.61. The summed E-state index contributed by atoms with van der Waals surface area (Å²) in [4.78, 5) is 15.5. The molecule has 4 nitrogen and oxygen atoms in total. The van der Waals surface area contributed by atoms with Crippen molar-refractivity contribution in [2.24, 2.45) is 0 Å². The van der Waals surface area contributed by atoms with Crippen molar-refractivity contribution < 1.29 is 23.1 Å². The number of aromatic nitrogens is 1. The first-order valence-corrected chi connectivity index (χ1v) is 4.84. The molecule has 0 spiro atoms. The number of carboxylic acids is 1. The number of pyridine rings is 1. The summed E-state index contributed by atoms with van der Waals surface area (Å²) in [5.41, 5.74) is -0.841. The van der Waals surface area contributed by atoms with Gasteiger partial charge in [0.05, 0.1) is 5.56 Å². The highest BCUT2D eigenvalue weighted by Crippen LogP contribution is 2.30.